The van der Waals surface area contributed by atoms with Crippen molar-refractivity contribution in [1.82, 2.24) is 9.47 Å². The molecule has 5 nitrogen and oxygen atoms in total. The van der Waals surface area contributed by atoms with Crippen LogP contribution < -0.4 is 5.76 Å². The Balaban J connectivity index is 2.29. The number of hydrogen-bond donors (Lipinski definition) is 0. The zero-order valence-corrected chi connectivity index (χ0v) is 10.3. The average molecular weight is 236 g/mol. The third kappa shape index (κ3) is 2.40. The number of aryl methyl sites for hydroxylation is 1. The number of benzene rings is 1. The summed E-state index contributed by atoms with van der Waals surface area (Å²) in [5.41, 5.74) is 2.53. The number of nitrogens with zero attached hydrogens (tertiary/aromatic N) is 2. The molecule has 17 heavy (non-hydrogen) atoms. The van der Waals surface area contributed by atoms with Gasteiger partial charge in [-0.3, -0.25) is 9.47 Å². The summed E-state index contributed by atoms with van der Waals surface area (Å²) in [5.74, 6) is -0.331. The average Bonchev–Trinajstić information content (AvgIpc) is 2.55. The fourth-order valence-corrected chi connectivity index (χ4v) is 1.85. The third-order valence-electron chi connectivity index (χ3n) is 2.66. The van der Waals surface area contributed by atoms with Gasteiger partial charge in [-0.2, -0.15) is 0 Å². The number of fused-ring (bicyclic) bond motifs is 1. The normalized spacial score (nSPS) is 11.5. The van der Waals surface area contributed by atoms with Gasteiger partial charge in [0.1, 0.15) is 0 Å². The van der Waals surface area contributed by atoms with Crippen LogP contribution in [0.5, 0.6) is 0 Å². The van der Waals surface area contributed by atoms with Crippen LogP contribution in [0.25, 0.3) is 11.1 Å². The topological polar surface area (TPSA) is 47.6 Å². The molecule has 0 aliphatic carbocycles. The number of ether oxygens (including phenoxy) is 1. The highest BCUT2D eigenvalue weighted by Crippen LogP contribution is 2.15. The van der Waals surface area contributed by atoms with Gasteiger partial charge >= 0.3 is 5.76 Å². The number of hydrogen-bond acceptors (Lipinski definition) is 4. The Bertz CT molecular complexity index is 571. The molecule has 1 aromatic heterocycles. The highest BCUT2D eigenvalue weighted by atomic mass is 16.5. The predicted octanol–water partition coefficient (Wildman–Crippen LogP) is 1.17. The van der Waals surface area contributed by atoms with Gasteiger partial charge < -0.3 is 9.15 Å². The second-order valence-electron chi connectivity index (χ2n) is 4.16. The van der Waals surface area contributed by atoms with Crippen LogP contribution in [0, 0.1) is 0 Å². The Labute approximate surface area is 99.2 Å². The van der Waals surface area contributed by atoms with E-state index in [4.69, 9.17) is 9.15 Å². The molecule has 92 valence electrons. The Morgan fingerprint density at radius 2 is 2.24 bits per heavy atom. The Kier molecular flexibility index (Phi) is 3.31. The van der Waals surface area contributed by atoms with Crippen LogP contribution in [0.15, 0.2) is 27.4 Å². The van der Waals surface area contributed by atoms with Crippen molar-refractivity contribution >= 4 is 11.1 Å². The van der Waals surface area contributed by atoms with Crippen LogP contribution in [-0.2, 0) is 18.3 Å². The van der Waals surface area contributed by atoms with E-state index in [1.807, 2.05) is 30.1 Å². The first-order valence-electron chi connectivity index (χ1n) is 5.37. The van der Waals surface area contributed by atoms with Gasteiger partial charge in [-0.15, -0.1) is 0 Å². The van der Waals surface area contributed by atoms with Crippen LogP contribution >= 0.6 is 0 Å². The van der Waals surface area contributed by atoms with Crippen molar-refractivity contribution in [2.24, 2.45) is 7.05 Å². The Hall–Kier alpha value is -1.59. The van der Waals surface area contributed by atoms with Gasteiger partial charge in [-0.05, 0) is 24.7 Å². The lowest BCUT2D eigenvalue weighted by molar-refractivity contribution is 0.0771. The lowest BCUT2D eigenvalue weighted by Gasteiger charge is -2.14. The molecule has 5 heteroatoms. The fraction of sp³-hybridized carbons (Fsp3) is 0.417. The van der Waals surface area contributed by atoms with Gasteiger partial charge in [0.25, 0.3) is 0 Å². The first-order valence-corrected chi connectivity index (χ1v) is 5.37. The third-order valence-corrected chi connectivity index (χ3v) is 2.66. The maximum atomic E-state index is 11.3. The summed E-state index contributed by atoms with van der Waals surface area (Å²) in [6.45, 7) is 1.32. The van der Waals surface area contributed by atoms with E-state index in [2.05, 4.69) is 0 Å². The van der Waals surface area contributed by atoms with Crippen molar-refractivity contribution in [3.63, 3.8) is 0 Å². The van der Waals surface area contributed by atoms with Gasteiger partial charge in [-0.25, -0.2) is 4.79 Å². The molecule has 0 radical (unpaired) electrons. The first-order chi connectivity index (χ1) is 8.11. The maximum absolute atomic E-state index is 11.3. The van der Waals surface area contributed by atoms with Gasteiger partial charge in [0.2, 0.25) is 0 Å². The molecule has 1 aromatic carbocycles. The van der Waals surface area contributed by atoms with E-state index < -0.39 is 0 Å². The van der Waals surface area contributed by atoms with Crippen molar-refractivity contribution in [3.8, 4) is 0 Å². The minimum atomic E-state index is -0.331. The summed E-state index contributed by atoms with van der Waals surface area (Å²) in [6.07, 6.45) is 0. The number of methoxy groups -OCH3 is 1. The molecule has 1 heterocycles. The van der Waals surface area contributed by atoms with Crippen LogP contribution in [0.4, 0.5) is 0 Å². The molecule has 0 bridgehead atoms. The van der Waals surface area contributed by atoms with E-state index >= 15 is 0 Å². The number of oxazole rings is 1. The highest BCUT2D eigenvalue weighted by Gasteiger charge is 2.07. The van der Waals surface area contributed by atoms with Crippen molar-refractivity contribution < 1.29 is 9.15 Å². The van der Waals surface area contributed by atoms with E-state index in [1.165, 1.54) is 4.57 Å². The van der Waals surface area contributed by atoms with E-state index in [9.17, 15) is 4.79 Å². The SMILES string of the molecule is COCN(C)Cc1ccc2c(c1)oc(=O)n2C. The zero-order chi connectivity index (χ0) is 12.4. The molecule has 0 unspecified atom stereocenters. The molecule has 0 amide bonds. The van der Waals surface area contributed by atoms with Gasteiger partial charge in [-0.1, -0.05) is 6.07 Å². The second kappa shape index (κ2) is 4.73. The van der Waals surface area contributed by atoms with Crippen LogP contribution in [0.2, 0.25) is 0 Å². The predicted molar refractivity (Wildman–Crippen MR) is 64.8 cm³/mol. The molecule has 2 aromatic rings. The first kappa shape index (κ1) is 11.9. The van der Waals surface area contributed by atoms with Crippen LogP contribution in [0.1, 0.15) is 5.56 Å². The largest absolute Gasteiger partial charge is 0.419 e. The molecule has 0 saturated carbocycles. The van der Waals surface area contributed by atoms with Crippen molar-refractivity contribution in [2.75, 3.05) is 20.9 Å². The number of aromatic nitrogens is 1. The quantitative estimate of drug-likeness (QED) is 0.748. The van der Waals surface area contributed by atoms with Gasteiger partial charge in [0.05, 0.1) is 12.2 Å². The van der Waals surface area contributed by atoms with E-state index in [-0.39, 0.29) is 5.76 Å². The summed E-state index contributed by atoms with van der Waals surface area (Å²) in [4.78, 5) is 13.4. The molecule has 0 aliphatic heterocycles. The minimum absolute atomic E-state index is 0.331. The second-order valence-corrected chi connectivity index (χ2v) is 4.16. The Morgan fingerprint density at radius 1 is 1.47 bits per heavy atom. The van der Waals surface area contributed by atoms with Gasteiger partial charge in [0, 0.05) is 20.7 Å². The van der Waals surface area contributed by atoms with Crippen LogP contribution in [-0.4, -0.2) is 30.4 Å². The molecule has 0 N–H and O–H groups in total. The molecule has 0 fully saturated rings. The molecule has 0 atom stereocenters. The summed E-state index contributed by atoms with van der Waals surface area (Å²) in [6, 6.07) is 5.78. The van der Waals surface area contributed by atoms with Crippen molar-refractivity contribution in [1.29, 1.82) is 0 Å². The summed E-state index contributed by atoms with van der Waals surface area (Å²) < 4.78 is 11.7. The molecule has 2 rings (SSSR count). The number of rotatable bonds is 4. The summed E-state index contributed by atoms with van der Waals surface area (Å²) in [7, 11) is 5.33. The lowest BCUT2D eigenvalue weighted by atomic mass is 10.2. The van der Waals surface area contributed by atoms with Gasteiger partial charge in [0.15, 0.2) is 5.58 Å². The fourth-order valence-electron chi connectivity index (χ4n) is 1.85. The summed E-state index contributed by atoms with van der Waals surface area (Å²) in [5, 5.41) is 0. The monoisotopic (exact) mass is 236 g/mol. The lowest BCUT2D eigenvalue weighted by Crippen LogP contribution is -2.20. The van der Waals surface area contributed by atoms with Crippen molar-refractivity contribution in [2.45, 2.75) is 6.54 Å². The van der Waals surface area contributed by atoms with E-state index in [0.717, 1.165) is 17.6 Å². The molecular weight excluding hydrogens is 220 g/mol. The smallest absolute Gasteiger partial charge is 0.408 e. The minimum Gasteiger partial charge on any atom is -0.408 e. The zero-order valence-electron chi connectivity index (χ0n) is 10.3. The molecule has 0 saturated heterocycles. The molecule has 0 aliphatic rings. The van der Waals surface area contributed by atoms with E-state index in [1.54, 1.807) is 14.2 Å². The maximum Gasteiger partial charge on any atom is 0.419 e. The standard InChI is InChI=1S/C12H16N2O3/c1-13(8-16-3)7-9-4-5-10-11(6-9)17-12(15)14(10)2/h4-6H,7-8H2,1-3H3. The molecular formula is C12H16N2O3. The highest BCUT2D eigenvalue weighted by molar-refractivity contribution is 5.73. The Morgan fingerprint density at radius 3 is 2.94 bits per heavy atom. The molecule has 0 spiro atoms. The van der Waals surface area contributed by atoms with Crippen LogP contribution in [0.3, 0.4) is 0 Å². The summed E-state index contributed by atoms with van der Waals surface area (Å²) >= 11 is 0. The van der Waals surface area contributed by atoms with E-state index in [0.29, 0.717) is 12.3 Å². The van der Waals surface area contributed by atoms with Crippen molar-refractivity contribution in [3.05, 3.63) is 34.3 Å².